The minimum absolute atomic E-state index is 0.0669. The number of hydrogen-bond acceptors (Lipinski definition) is 2. The molecule has 4 heteroatoms. The first-order valence-corrected chi connectivity index (χ1v) is 20.4. The third kappa shape index (κ3) is 5.00. The molecule has 58 heavy (non-hydrogen) atoms. The zero-order chi connectivity index (χ0) is 39.3. The number of nitrogens with zero attached hydrogens (tertiary/aromatic N) is 4. The van der Waals surface area contributed by atoms with E-state index in [4.69, 9.17) is 9.97 Å². The quantitative estimate of drug-likeness (QED) is 0.176. The van der Waals surface area contributed by atoms with Crippen molar-refractivity contribution in [3.8, 4) is 45.3 Å². The van der Waals surface area contributed by atoms with E-state index in [1.807, 2.05) is 24.3 Å². The minimum Gasteiger partial charge on any atom is -0.309 e. The van der Waals surface area contributed by atoms with Crippen molar-refractivity contribution in [2.75, 3.05) is 0 Å². The van der Waals surface area contributed by atoms with Gasteiger partial charge in [0.15, 0.2) is 5.82 Å². The van der Waals surface area contributed by atoms with Crippen molar-refractivity contribution in [2.24, 2.45) is 5.92 Å². The Morgan fingerprint density at radius 2 is 0.983 bits per heavy atom. The Morgan fingerprint density at radius 1 is 0.431 bits per heavy atom. The second-order valence-electron chi connectivity index (χ2n) is 17.2. The van der Waals surface area contributed by atoms with Gasteiger partial charge in [-0.25, -0.2) is 9.97 Å². The summed E-state index contributed by atoms with van der Waals surface area (Å²) in [5, 5.41) is 5.00. The Morgan fingerprint density at radius 3 is 1.67 bits per heavy atom. The van der Waals surface area contributed by atoms with Crippen LogP contribution in [0.3, 0.4) is 0 Å². The van der Waals surface area contributed by atoms with Crippen LogP contribution >= 0.6 is 0 Å². The van der Waals surface area contributed by atoms with E-state index >= 15 is 0 Å². The molecule has 1 aliphatic carbocycles. The van der Waals surface area contributed by atoms with Crippen LogP contribution in [-0.4, -0.2) is 19.1 Å². The van der Waals surface area contributed by atoms with Crippen LogP contribution in [0.5, 0.6) is 0 Å². The largest absolute Gasteiger partial charge is 0.309 e. The van der Waals surface area contributed by atoms with Crippen LogP contribution < -0.4 is 0 Å². The molecular formula is C54H44N4. The molecule has 7 aromatic carbocycles. The van der Waals surface area contributed by atoms with E-state index in [1.165, 1.54) is 60.4 Å². The topological polar surface area (TPSA) is 35.6 Å². The van der Waals surface area contributed by atoms with Crippen LogP contribution in [0.4, 0.5) is 0 Å². The minimum atomic E-state index is 0.0669. The van der Waals surface area contributed by atoms with Gasteiger partial charge in [0.05, 0.1) is 33.5 Å². The summed E-state index contributed by atoms with van der Waals surface area (Å²) in [4.78, 5) is 10.1. The molecule has 3 heterocycles. The molecule has 10 aromatic rings. The number of fused-ring (bicyclic) bond motifs is 8. The first-order valence-electron chi connectivity index (χ1n) is 20.4. The van der Waals surface area contributed by atoms with Gasteiger partial charge in [-0.05, 0) is 76.4 Å². The van der Waals surface area contributed by atoms with Crippen molar-refractivity contribution in [1.82, 2.24) is 19.1 Å². The van der Waals surface area contributed by atoms with Crippen molar-refractivity contribution in [1.29, 1.82) is 0 Å². The number of aromatic nitrogens is 4. The van der Waals surface area contributed by atoms with E-state index in [0.717, 1.165) is 33.8 Å². The number of benzene rings is 7. The summed E-state index contributed by atoms with van der Waals surface area (Å²) in [6.07, 6.45) is 0. The van der Waals surface area contributed by atoms with Gasteiger partial charge in [-0.2, -0.15) is 0 Å². The zero-order valence-electron chi connectivity index (χ0n) is 33.5. The summed E-state index contributed by atoms with van der Waals surface area (Å²) in [5.74, 6) is 1.24. The highest BCUT2D eigenvalue weighted by atomic mass is 15.0. The number of rotatable bonds is 5. The third-order valence-corrected chi connectivity index (χ3v) is 13.5. The van der Waals surface area contributed by atoms with Gasteiger partial charge in [0.2, 0.25) is 0 Å². The van der Waals surface area contributed by atoms with Crippen molar-refractivity contribution >= 4 is 43.6 Å². The van der Waals surface area contributed by atoms with Gasteiger partial charge >= 0.3 is 0 Å². The Balaban J connectivity index is 1.12. The summed E-state index contributed by atoms with van der Waals surface area (Å²) in [6, 6.07) is 61.3. The van der Waals surface area contributed by atoms with E-state index in [1.54, 1.807) is 0 Å². The van der Waals surface area contributed by atoms with E-state index in [2.05, 4.69) is 189 Å². The maximum absolute atomic E-state index is 5.12. The van der Waals surface area contributed by atoms with E-state index in [-0.39, 0.29) is 10.8 Å². The van der Waals surface area contributed by atoms with E-state index < -0.39 is 0 Å². The number of para-hydroxylation sites is 2. The molecule has 3 aromatic heterocycles. The average Bonchev–Trinajstić information content (AvgIpc) is 3.83. The van der Waals surface area contributed by atoms with Gasteiger partial charge in [-0.3, -0.25) is 0 Å². The lowest BCUT2D eigenvalue weighted by Crippen LogP contribution is -2.30. The highest BCUT2D eigenvalue weighted by Gasteiger charge is 2.48. The third-order valence-electron chi connectivity index (χ3n) is 13.5. The number of hydrogen-bond donors (Lipinski definition) is 0. The molecule has 0 aliphatic heterocycles. The lowest BCUT2D eigenvalue weighted by Gasteiger charge is -2.32. The summed E-state index contributed by atoms with van der Waals surface area (Å²) >= 11 is 0. The summed E-state index contributed by atoms with van der Waals surface area (Å²) in [5.41, 5.74) is 15.1. The SMILES string of the molecule is CC1C(C)(C)c2ccc(-n3c4ccccc4c4c3ccc3c5ccccc5n(-c5ccc(-c6cc(-c7ccccc7)nc(-c7ccccc7)n6)cc5)c34)cc2C1(C)C. The van der Waals surface area contributed by atoms with Crippen LogP contribution in [0.15, 0.2) is 170 Å². The molecular weight excluding hydrogens is 705 g/mol. The normalized spacial score (nSPS) is 15.8. The molecule has 1 unspecified atom stereocenters. The average molecular weight is 749 g/mol. The van der Waals surface area contributed by atoms with Crippen molar-refractivity contribution in [3.05, 3.63) is 181 Å². The smallest absolute Gasteiger partial charge is 0.160 e. The lowest BCUT2D eigenvalue weighted by atomic mass is 9.71. The molecule has 0 spiro atoms. The molecule has 0 bridgehead atoms. The van der Waals surface area contributed by atoms with Crippen LogP contribution in [0.25, 0.3) is 88.9 Å². The predicted octanol–water partition coefficient (Wildman–Crippen LogP) is 13.9. The Hall–Kier alpha value is -6.78. The maximum Gasteiger partial charge on any atom is 0.160 e. The van der Waals surface area contributed by atoms with Gasteiger partial charge in [0.1, 0.15) is 0 Å². The van der Waals surface area contributed by atoms with E-state index in [9.17, 15) is 0 Å². The summed E-state index contributed by atoms with van der Waals surface area (Å²) < 4.78 is 4.96. The van der Waals surface area contributed by atoms with Gasteiger partial charge in [0, 0.05) is 49.6 Å². The fraction of sp³-hybridized carbons (Fsp3) is 0.148. The fourth-order valence-corrected chi connectivity index (χ4v) is 10.0. The van der Waals surface area contributed by atoms with Gasteiger partial charge in [-0.1, -0.05) is 156 Å². The fourth-order valence-electron chi connectivity index (χ4n) is 10.0. The highest BCUT2D eigenvalue weighted by Crippen LogP contribution is 2.54. The second-order valence-corrected chi connectivity index (χ2v) is 17.2. The van der Waals surface area contributed by atoms with Gasteiger partial charge in [0.25, 0.3) is 0 Å². The van der Waals surface area contributed by atoms with Crippen molar-refractivity contribution < 1.29 is 0 Å². The van der Waals surface area contributed by atoms with Crippen LogP contribution in [0, 0.1) is 5.92 Å². The highest BCUT2D eigenvalue weighted by molar-refractivity contribution is 6.26. The van der Waals surface area contributed by atoms with Crippen LogP contribution in [0.1, 0.15) is 45.7 Å². The lowest BCUT2D eigenvalue weighted by molar-refractivity contribution is 0.264. The predicted molar refractivity (Wildman–Crippen MR) is 242 cm³/mol. The first kappa shape index (κ1) is 34.5. The summed E-state index contributed by atoms with van der Waals surface area (Å²) in [6.45, 7) is 12.1. The monoisotopic (exact) mass is 748 g/mol. The van der Waals surface area contributed by atoms with E-state index in [0.29, 0.717) is 11.7 Å². The van der Waals surface area contributed by atoms with Crippen molar-refractivity contribution in [2.45, 2.75) is 45.4 Å². The molecule has 280 valence electrons. The molecule has 11 rings (SSSR count). The molecule has 1 atom stereocenters. The Labute approximate surface area is 339 Å². The van der Waals surface area contributed by atoms with Crippen molar-refractivity contribution in [3.63, 3.8) is 0 Å². The Bertz CT molecular complexity index is 3160. The molecule has 4 nitrogen and oxygen atoms in total. The zero-order valence-corrected chi connectivity index (χ0v) is 33.5. The molecule has 0 fully saturated rings. The first-order chi connectivity index (χ1) is 28.2. The van der Waals surface area contributed by atoms with Gasteiger partial charge < -0.3 is 9.13 Å². The molecule has 0 amide bonds. The standard InChI is InChI=1S/C54H44N4/c1-34-53(2,3)43-30-28-39(32-44(43)54(34,4)5)57-48-23-15-13-21-42(48)50-49(57)31-29-41-40-20-12-14-22-47(40)58(51(41)50)38-26-24-36(25-27-38)46-33-45(35-16-8-6-9-17-35)55-52(56-46)37-18-10-7-11-19-37/h6-34H,1-5H3. The Kier molecular flexibility index (Phi) is 7.49. The summed E-state index contributed by atoms with van der Waals surface area (Å²) in [7, 11) is 0. The molecule has 0 N–H and O–H groups in total. The van der Waals surface area contributed by atoms with Gasteiger partial charge in [-0.15, -0.1) is 0 Å². The molecule has 0 radical (unpaired) electrons. The molecule has 0 saturated carbocycles. The molecule has 0 saturated heterocycles. The van der Waals surface area contributed by atoms with Crippen LogP contribution in [0.2, 0.25) is 0 Å². The molecule has 1 aliphatic rings. The maximum atomic E-state index is 5.12. The second kappa shape index (κ2) is 12.6. The van der Waals surface area contributed by atoms with Crippen LogP contribution in [-0.2, 0) is 10.8 Å².